The van der Waals surface area contributed by atoms with Crippen LogP contribution in [-0.2, 0) is 0 Å². The molecule has 6 heteroatoms. The molecule has 0 atom stereocenters. The highest BCUT2D eigenvalue weighted by Gasteiger charge is 2.16. The molecule has 0 unspecified atom stereocenters. The van der Waals surface area contributed by atoms with Gasteiger partial charge in [-0.25, -0.2) is 0 Å². The summed E-state index contributed by atoms with van der Waals surface area (Å²) >= 11 is 13.6. The van der Waals surface area contributed by atoms with Crippen molar-refractivity contribution in [3.05, 3.63) is 33.1 Å². The van der Waals surface area contributed by atoms with Crippen LogP contribution in [0.1, 0.15) is 0 Å². The van der Waals surface area contributed by atoms with E-state index in [2.05, 4.69) is 34.0 Å². The number of pyridine rings is 1. The summed E-state index contributed by atoms with van der Waals surface area (Å²) in [5.41, 5.74) is 2.99. The van der Waals surface area contributed by atoms with Gasteiger partial charge in [0.25, 0.3) is 0 Å². The molecular formula is C14H15Cl2N3S. The second-order valence-electron chi connectivity index (χ2n) is 4.93. The van der Waals surface area contributed by atoms with E-state index in [9.17, 15) is 0 Å². The molecule has 2 aromatic rings. The van der Waals surface area contributed by atoms with Crippen molar-refractivity contribution in [2.75, 3.05) is 38.1 Å². The minimum absolute atomic E-state index is 0.691. The maximum absolute atomic E-state index is 6.21. The zero-order chi connectivity index (χ0) is 14.1. The number of thiophene rings is 1. The molecule has 3 rings (SSSR count). The van der Waals surface area contributed by atoms with Crippen molar-refractivity contribution in [1.82, 2.24) is 9.88 Å². The van der Waals surface area contributed by atoms with Crippen molar-refractivity contribution in [1.29, 1.82) is 0 Å². The molecule has 2 aromatic heterocycles. The standard InChI is InChI=1S/C14H15Cl2N3S/c1-18-4-6-19(7-5-18)10-2-3-17-12(8-10)11-9-13(15)20-14(11)16/h2-3,8-9H,4-7H2,1H3. The summed E-state index contributed by atoms with van der Waals surface area (Å²) in [7, 11) is 2.16. The molecule has 20 heavy (non-hydrogen) atoms. The summed E-state index contributed by atoms with van der Waals surface area (Å²) in [6.45, 7) is 4.25. The molecule has 1 aliphatic rings. The van der Waals surface area contributed by atoms with Crippen molar-refractivity contribution in [3.8, 4) is 11.3 Å². The molecule has 0 bridgehead atoms. The van der Waals surface area contributed by atoms with Crippen LogP contribution in [-0.4, -0.2) is 43.1 Å². The van der Waals surface area contributed by atoms with Gasteiger partial charge in [0.05, 0.1) is 10.0 Å². The summed E-state index contributed by atoms with van der Waals surface area (Å²) in [4.78, 5) is 9.14. The average molecular weight is 328 g/mol. The van der Waals surface area contributed by atoms with E-state index in [1.165, 1.54) is 17.0 Å². The predicted octanol–water partition coefficient (Wildman–Crippen LogP) is 3.87. The fourth-order valence-corrected chi connectivity index (χ4v) is 3.82. The first-order valence-corrected chi connectivity index (χ1v) is 8.05. The Balaban J connectivity index is 1.88. The van der Waals surface area contributed by atoms with Crippen LogP contribution in [0.15, 0.2) is 24.4 Å². The van der Waals surface area contributed by atoms with Gasteiger partial charge >= 0.3 is 0 Å². The van der Waals surface area contributed by atoms with Gasteiger partial charge in [-0.3, -0.25) is 4.98 Å². The lowest BCUT2D eigenvalue weighted by Crippen LogP contribution is -2.44. The SMILES string of the molecule is CN1CCN(c2ccnc(-c3cc(Cl)sc3Cl)c2)CC1. The highest BCUT2D eigenvalue weighted by atomic mass is 35.5. The molecule has 3 nitrogen and oxygen atoms in total. The Labute approximate surface area is 132 Å². The molecule has 1 aliphatic heterocycles. The quantitative estimate of drug-likeness (QED) is 0.834. The Morgan fingerprint density at radius 2 is 1.90 bits per heavy atom. The van der Waals surface area contributed by atoms with Crippen molar-refractivity contribution >= 4 is 40.2 Å². The number of piperazine rings is 1. The Bertz CT molecular complexity index is 606. The zero-order valence-electron chi connectivity index (χ0n) is 11.1. The van der Waals surface area contributed by atoms with Crippen LogP contribution in [0.4, 0.5) is 5.69 Å². The van der Waals surface area contributed by atoms with E-state index >= 15 is 0 Å². The van der Waals surface area contributed by atoms with E-state index in [1.54, 1.807) is 0 Å². The molecule has 0 aromatic carbocycles. The monoisotopic (exact) mass is 327 g/mol. The molecule has 1 fully saturated rings. The summed E-state index contributed by atoms with van der Waals surface area (Å²) in [6.07, 6.45) is 1.84. The first-order valence-electron chi connectivity index (χ1n) is 6.48. The summed E-state index contributed by atoms with van der Waals surface area (Å²) in [6, 6.07) is 6.02. The van der Waals surface area contributed by atoms with Gasteiger partial charge in [0.15, 0.2) is 0 Å². The molecule has 0 aliphatic carbocycles. The topological polar surface area (TPSA) is 19.4 Å². The van der Waals surface area contributed by atoms with Gasteiger partial charge in [-0.15, -0.1) is 11.3 Å². The Morgan fingerprint density at radius 1 is 1.15 bits per heavy atom. The Hall–Kier alpha value is -0.810. The van der Waals surface area contributed by atoms with Gasteiger partial charge in [-0.2, -0.15) is 0 Å². The van der Waals surface area contributed by atoms with Crippen molar-refractivity contribution in [3.63, 3.8) is 0 Å². The van der Waals surface area contributed by atoms with Crippen LogP contribution < -0.4 is 4.90 Å². The Kier molecular flexibility index (Phi) is 4.17. The number of anilines is 1. The lowest BCUT2D eigenvalue weighted by Gasteiger charge is -2.34. The van der Waals surface area contributed by atoms with E-state index in [0.29, 0.717) is 8.67 Å². The third-order valence-corrected chi connectivity index (χ3v) is 5.03. The number of hydrogen-bond acceptors (Lipinski definition) is 4. The smallest absolute Gasteiger partial charge is 0.104 e. The Morgan fingerprint density at radius 3 is 2.55 bits per heavy atom. The molecular weight excluding hydrogens is 313 g/mol. The maximum atomic E-state index is 6.21. The molecule has 106 valence electrons. The van der Waals surface area contributed by atoms with Crippen LogP contribution in [0.3, 0.4) is 0 Å². The molecule has 3 heterocycles. The normalized spacial score (nSPS) is 16.6. The second-order valence-corrected chi connectivity index (χ2v) is 7.21. The van der Waals surface area contributed by atoms with Crippen molar-refractivity contribution < 1.29 is 0 Å². The molecule has 0 saturated carbocycles. The summed E-state index contributed by atoms with van der Waals surface area (Å²) < 4.78 is 1.38. The fourth-order valence-electron chi connectivity index (χ4n) is 2.34. The molecule has 0 spiro atoms. The maximum Gasteiger partial charge on any atom is 0.104 e. The highest BCUT2D eigenvalue weighted by Crippen LogP contribution is 2.38. The fraction of sp³-hybridized carbons (Fsp3) is 0.357. The number of aromatic nitrogens is 1. The highest BCUT2D eigenvalue weighted by molar-refractivity contribution is 7.20. The second kappa shape index (κ2) is 5.90. The number of halogens is 2. The third-order valence-electron chi connectivity index (χ3n) is 3.54. The molecule has 0 N–H and O–H groups in total. The van der Waals surface area contributed by atoms with Crippen molar-refractivity contribution in [2.24, 2.45) is 0 Å². The van der Waals surface area contributed by atoms with Gasteiger partial charge in [0, 0.05) is 43.6 Å². The first-order chi connectivity index (χ1) is 9.63. The molecule has 1 saturated heterocycles. The summed E-state index contributed by atoms with van der Waals surface area (Å²) in [5, 5.41) is 0. The zero-order valence-corrected chi connectivity index (χ0v) is 13.5. The lowest BCUT2D eigenvalue weighted by atomic mass is 10.2. The van der Waals surface area contributed by atoms with Crippen LogP contribution >= 0.6 is 34.5 Å². The van der Waals surface area contributed by atoms with E-state index in [0.717, 1.165) is 37.4 Å². The van der Waals surface area contributed by atoms with E-state index in [1.807, 2.05) is 12.3 Å². The van der Waals surface area contributed by atoms with Gasteiger partial charge in [0.2, 0.25) is 0 Å². The minimum Gasteiger partial charge on any atom is -0.369 e. The molecule has 0 amide bonds. The van der Waals surface area contributed by atoms with Crippen LogP contribution in [0.25, 0.3) is 11.3 Å². The lowest BCUT2D eigenvalue weighted by molar-refractivity contribution is 0.313. The van der Waals surface area contributed by atoms with Gasteiger partial charge < -0.3 is 9.80 Å². The largest absolute Gasteiger partial charge is 0.369 e. The van der Waals surface area contributed by atoms with Gasteiger partial charge in [-0.05, 0) is 25.2 Å². The van der Waals surface area contributed by atoms with Crippen LogP contribution in [0.5, 0.6) is 0 Å². The van der Waals surface area contributed by atoms with Crippen LogP contribution in [0, 0.1) is 0 Å². The summed E-state index contributed by atoms with van der Waals surface area (Å²) in [5.74, 6) is 0. The van der Waals surface area contributed by atoms with Crippen LogP contribution in [0.2, 0.25) is 8.67 Å². The van der Waals surface area contributed by atoms with Crippen molar-refractivity contribution in [2.45, 2.75) is 0 Å². The number of nitrogens with zero attached hydrogens (tertiary/aromatic N) is 3. The van der Waals surface area contributed by atoms with E-state index in [4.69, 9.17) is 23.2 Å². The minimum atomic E-state index is 0.691. The number of hydrogen-bond donors (Lipinski definition) is 0. The number of likely N-dealkylation sites (N-methyl/N-ethyl adjacent to an activating group) is 1. The van der Waals surface area contributed by atoms with E-state index in [-0.39, 0.29) is 0 Å². The van der Waals surface area contributed by atoms with Gasteiger partial charge in [0.1, 0.15) is 4.34 Å². The third kappa shape index (κ3) is 2.93. The van der Waals surface area contributed by atoms with E-state index < -0.39 is 0 Å². The predicted molar refractivity (Wildman–Crippen MR) is 87.3 cm³/mol. The van der Waals surface area contributed by atoms with Gasteiger partial charge in [-0.1, -0.05) is 23.2 Å². The molecule has 0 radical (unpaired) electrons. The average Bonchev–Trinajstić information content (AvgIpc) is 2.79. The first kappa shape index (κ1) is 14.1. The number of rotatable bonds is 2.